The van der Waals surface area contributed by atoms with Crippen molar-refractivity contribution in [1.82, 2.24) is 9.80 Å². The summed E-state index contributed by atoms with van der Waals surface area (Å²) in [6, 6.07) is 5.55. The molecule has 1 aromatic rings. The number of hydrogen-bond donors (Lipinski definition) is 1. The van der Waals surface area contributed by atoms with Gasteiger partial charge in [-0.05, 0) is 24.6 Å². The number of likely N-dealkylation sites (tertiary alicyclic amines) is 1. The molecule has 1 amide bonds. The molecule has 0 saturated carbocycles. The summed E-state index contributed by atoms with van der Waals surface area (Å²) in [6.45, 7) is 5.89. The van der Waals surface area contributed by atoms with E-state index in [4.69, 9.17) is 9.47 Å². The van der Waals surface area contributed by atoms with Gasteiger partial charge in [0.05, 0.1) is 43.9 Å². The molecular formula is C22H27KN2O6S. The van der Waals surface area contributed by atoms with Crippen LogP contribution in [-0.4, -0.2) is 71.5 Å². The van der Waals surface area contributed by atoms with Crippen LogP contribution in [0.2, 0.25) is 0 Å². The van der Waals surface area contributed by atoms with Gasteiger partial charge in [0.1, 0.15) is 0 Å². The van der Waals surface area contributed by atoms with Crippen LogP contribution < -0.4 is 66.0 Å². The molecule has 0 radical (unpaired) electrons. The number of fused-ring (bicyclic) bond motifs is 1. The Morgan fingerprint density at radius 3 is 2.50 bits per heavy atom. The van der Waals surface area contributed by atoms with Crippen LogP contribution in [0.4, 0.5) is 0 Å². The Kier molecular flexibility index (Phi) is 8.41. The van der Waals surface area contributed by atoms with Crippen LogP contribution in [0.5, 0.6) is 11.5 Å². The maximum Gasteiger partial charge on any atom is 1.00 e. The minimum atomic E-state index is -1.32. The van der Waals surface area contributed by atoms with Crippen LogP contribution in [0.3, 0.4) is 0 Å². The summed E-state index contributed by atoms with van der Waals surface area (Å²) in [6.07, 6.45) is -0.802. The molecule has 2 fully saturated rings. The molecule has 1 N–H and O–H groups in total. The predicted molar refractivity (Wildman–Crippen MR) is 113 cm³/mol. The first-order chi connectivity index (χ1) is 14.8. The molecule has 4 atom stereocenters. The van der Waals surface area contributed by atoms with E-state index in [0.29, 0.717) is 16.4 Å². The number of ether oxygens (including phenoxy) is 2. The van der Waals surface area contributed by atoms with Crippen molar-refractivity contribution in [3.8, 4) is 11.5 Å². The second-order valence-corrected chi connectivity index (χ2v) is 9.72. The van der Waals surface area contributed by atoms with Crippen molar-refractivity contribution in [1.29, 1.82) is 0 Å². The molecule has 8 nitrogen and oxygen atoms in total. The van der Waals surface area contributed by atoms with E-state index in [0.717, 1.165) is 25.2 Å². The molecule has 10 heteroatoms. The largest absolute Gasteiger partial charge is 1.00 e. The number of carbonyl (C=O) groups is 2. The van der Waals surface area contributed by atoms with Gasteiger partial charge in [0.2, 0.25) is 5.91 Å². The van der Waals surface area contributed by atoms with Gasteiger partial charge in [-0.25, -0.2) is 0 Å². The molecule has 0 unspecified atom stereocenters. The maximum atomic E-state index is 12.4. The second kappa shape index (κ2) is 10.3. The van der Waals surface area contributed by atoms with E-state index < -0.39 is 18.0 Å². The number of thioether (sulfide) groups is 1. The third-order valence-electron chi connectivity index (χ3n) is 6.37. The monoisotopic (exact) mass is 486 g/mol. The molecule has 0 bridgehead atoms. The second-order valence-electron chi connectivity index (χ2n) is 8.38. The zero-order valence-electron chi connectivity index (χ0n) is 19.0. The Bertz CT molecular complexity index is 933. The van der Waals surface area contributed by atoms with Gasteiger partial charge in [-0.1, -0.05) is 13.0 Å². The summed E-state index contributed by atoms with van der Waals surface area (Å²) < 4.78 is 10.6. The molecule has 4 rings (SSSR count). The fourth-order valence-electron chi connectivity index (χ4n) is 4.81. The van der Waals surface area contributed by atoms with Crippen LogP contribution >= 0.6 is 11.8 Å². The molecule has 3 aliphatic heterocycles. The van der Waals surface area contributed by atoms with Crippen molar-refractivity contribution in [2.45, 2.75) is 37.8 Å². The normalized spacial score (nSPS) is 26.1. The van der Waals surface area contributed by atoms with Crippen LogP contribution in [-0.2, 0) is 16.1 Å². The number of methoxy groups -OCH3 is 2. The van der Waals surface area contributed by atoms with E-state index in [1.165, 1.54) is 16.7 Å². The fourth-order valence-corrected chi connectivity index (χ4v) is 6.39. The van der Waals surface area contributed by atoms with Crippen molar-refractivity contribution in [3.63, 3.8) is 0 Å². The number of benzene rings is 1. The van der Waals surface area contributed by atoms with Crippen LogP contribution in [0.15, 0.2) is 28.8 Å². The van der Waals surface area contributed by atoms with Gasteiger partial charge in [-0.15, -0.1) is 11.8 Å². The number of carboxylic acid groups (broad SMARTS) is 1. The number of carbonyl (C=O) groups excluding carboxylic acids is 2. The number of hydrogen-bond acceptors (Lipinski definition) is 8. The Morgan fingerprint density at radius 2 is 1.94 bits per heavy atom. The molecule has 3 aliphatic rings. The van der Waals surface area contributed by atoms with E-state index in [1.54, 1.807) is 21.1 Å². The molecule has 3 heterocycles. The van der Waals surface area contributed by atoms with E-state index in [-0.39, 0.29) is 80.2 Å². The predicted octanol–water partition coefficient (Wildman–Crippen LogP) is -2.56. The maximum absolute atomic E-state index is 12.4. The van der Waals surface area contributed by atoms with E-state index in [2.05, 4.69) is 4.90 Å². The van der Waals surface area contributed by atoms with Gasteiger partial charge < -0.3 is 29.4 Å². The quantitative estimate of drug-likeness (QED) is 0.316. The van der Waals surface area contributed by atoms with Gasteiger partial charge in [0, 0.05) is 35.7 Å². The number of carboxylic acids is 1. The molecule has 1 aromatic carbocycles. The molecule has 0 aromatic heterocycles. The molecular weight excluding hydrogens is 459 g/mol. The van der Waals surface area contributed by atoms with E-state index in [1.807, 2.05) is 25.1 Å². The molecule has 0 spiro atoms. The van der Waals surface area contributed by atoms with E-state index in [9.17, 15) is 19.8 Å². The van der Waals surface area contributed by atoms with E-state index >= 15 is 0 Å². The Labute approximate surface area is 234 Å². The number of rotatable bonds is 8. The van der Waals surface area contributed by atoms with Gasteiger partial charge >= 0.3 is 51.4 Å². The first kappa shape index (κ1) is 26.0. The average molecular weight is 487 g/mol. The van der Waals surface area contributed by atoms with Crippen LogP contribution in [0.1, 0.15) is 19.4 Å². The number of nitrogens with zero attached hydrogens (tertiary/aromatic N) is 2. The molecule has 168 valence electrons. The molecule has 0 aliphatic carbocycles. The minimum Gasteiger partial charge on any atom is -0.543 e. The Morgan fingerprint density at radius 1 is 1.28 bits per heavy atom. The van der Waals surface area contributed by atoms with Gasteiger partial charge in [-0.2, -0.15) is 0 Å². The fraction of sp³-hybridized carbons (Fsp3) is 0.545. The van der Waals surface area contributed by atoms with Crippen molar-refractivity contribution in [3.05, 3.63) is 34.4 Å². The van der Waals surface area contributed by atoms with Crippen molar-refractivity contribution in [2.75, 3.05) is 27.3 Å². The summed E-state index contributed by atoms with van der Waals surface area (Å²) in [4.78, 5) is 28.5. The first-order valence-corrected chi connectivity index (χ1v) is 11.2. The number of aliphatic hydroxyl groups is 1. The van der Waals surface area contributed by atoms with Crippen molar-refractivity contribution < 1.29 is 80.7 Å². The van der Waals surface area contributed by atoms with Gasteiger partial charge in [-0.3, -0.25) is 9.69 Å². The Balaban J connectivity index is 0.00000289. The van der Waals surface area contributed by atoms with Gasteiger partial charge in [0.15, 0.2) is 11.5 Å². The van der Waals surface area contributed by atoms with Crippen molar-refractivity contribution in [2.24, 2.45) is 11.8 Å². The zero-order valence-corrected chi connectivity index (χ0v) is 23.0. The third-order valence-corrected chi connectivity index (χ3v) is 7.82. The summed E-state index contributed by atoms with van der Waals surface area (Å²) in [5, 5.41) is 22.0. The summed E-state index contributed by atoms with van der Waals surface area (Å²) in [5.74, 6) is -0.951. The third kappa shape index (κ3) is 4.53. The summed E-state index contributed by atoms with van der Waals surface area (Å²) in [7, 11) is 3.22. The topological polar surface area (TPSA) is 102 Å². The minimum absolute atomic E-state index is 0. The molecule has 32 heavy (non-hydrogen) atoms. The van der Waals surface area contributed by atoms with Gasteiger partial charge in [0.25, 0.3) is 0 Å². The standard InChI is InChI=1S/C22H28N2O6S.K/c1-11-18-17(12(2)25)21(26)24(18)19(22(27)28)20(11)31-14-9-23(10-14)8-13-5-6-15(29-3)16(7-13)30-4;/h5-7,11-12,14,17-18,25H,8-10H2,1-4H3,(H,27,28);/q;+1/p-1/t11-,12-,17-,18-;/m1./s1. The number of amides is 1. The summed E-state index contributed by atoms with van der Waals surface area (Å²) in [5.41, 5.74) is 1.10. The van der Waals surface area contributed by atoms with Crippen molar-refractivity contribution >= 4 is 23.6 Å². The Hall–Kier alpha value is -0.594. The zero-order chi connectivity index (χ0) is 22.4. The molecule has 2 saturated heterocycles. The van der Waals surface area contributed by atoms with Crippen LogP contribution in [0, 0.1) is 11.8 Å². The smallest absolute Gasteiger partial charge is 0.543 e. The summed E-state index contributed by atoms with van der Waals surface area (Å²) >= 11 is 1.53. The number of aliphatic carboxylic acids is 1. The average Bonchev–Trinajstić information content (AvgIpc) is 2.94. The number of aliphatic hydroxyl groups excluding tert-OH is 1. The first-order valence-electron chi connectivity index (χ1n) is 10.3. The SMILES string of the molecule is COc1ccc(CN2CC(SC3=C(C(=O)[O-])N4C(=O)[C@H]([C@@H](C)O)[C@H]4[C@H]3C)C2)cc1OC.[K+]. The van der Waals surface area contributed by atoms with Crippen LogP contribution in [0.25, 0.3) is 0 Å². The number of β-lactam (4-membered cyclic amide) rings is 1.